The summed E-state index contributed by atoms with van der Waals surface area (Å²) in [5.41, 5.74) is 4.36. The molecule has 0 bridgehead atoms. The van der Waals surface area contributed by atoms with E-state index in [9.17, 15) is 69.7 Å². The van der Waals surface area contributed by atoms with Crippen LogP contribution in [0.15, 0.2) is 128 Å². The van der Waals surface area contributed by atoms with E-state index in [0.717, 1.165) is 12.2 Å². The molecule has 0 radical (unpaired) electrons. The number of methoxy groups -OCH3 is 2. The van der Waals surface area contributed by atoms with Crippen molar-refractivity contribution in [2.75, 3.05) is 46.3 Å². The standard InChI is InChI=1S/C45H38N8O17S2.4Na/c1-21-11-33(35(69-3)19-31(21)52-50-27-15-29(43(58)59)39(54)37(17-27)71(63,64)65)48-41(56)23-7-5-9-25(13-23)46-45(62)47-26-10-6-8-24(14-26)42(57)49-34-12-22(2)32(20-36(34)70-4)53-51-28-16-30(44(60)61)40(55)38(18-28)72(66,67)68;;;;/h5-20,52-53H,1-4H3,(H,48,56)(H,49,57)(H,58,59)(H,60,61)(H2,46,47,62)(H,63,64,65)(H,66,67,68);;;;/q;4*+1/p-4/b50-27+,51-28+;;;;. The van der Waals surface area contributed by atoms with E-state index >= 15 is 0 Å². The molecule has 0 saturated heterocycles. The van der Waals surface area contributed by atoms with E-state index in [-0.39, 0.29) is 175 Å². The minimum atomic E-state index is -5.37. The number of aryl methyl sites for hydroxylation is 2. The number of hydrazone groups is 2. The van der Waals surface area contributed by atoms with Crippen LogP contribution < -0.4 is 170 Å². The molecule has 0 spiro atoms. The van der Waals surface area contributed by atoms with Crippen molar-refractivity contribution in [3.05, 3.63) is 140 Å². The summed E-state index contributed by atoms with van der Waals surface area (Å²) in [6, 6.07) is 16.7. The number of carbonyl (C=O) groups excluding carboxylic acids is 7. The number of anilines is 6. The van der Waals surface area contributed by atoms with Gasteiger partial charge in [-0.3, -0.25) is 30.0 Å². The topological polar surface area (TPSA) is 395 Å². The Morgan fingerprint density at radius 2 is 0.868 bits per heavy atom. The maximum atomic E-state index is 13.4. The van der Waals surface area contributed by atoms with Crippen LogP contribution >= 0.6 is 0 Å². The summed E-state index contributed by atoms with van der Waals surface area (Å²) in [7, 11) is -8.16. The minimum Gasteiger partial charge on any atom is -0.744 e. The fourth-order valence-electron chi connectivity index (χ4n) is 6.54. The molecule has 4 aromatic carbocycles. The number of Topliss-reactive ketones (excluding diaryl/α,β-unsaturated/α-hetero) is 2. The summed E-state index contributed by atoms with van der Waals surface area (Å²) >= 11 is 0. The fraction of sp³-hybridized carbons (Fsp3) is 0.0889. The summed E-state index contributed by atoms with van der Waals surface area (Å²) in [6.07, 6.45) is 2.64. The molecule has 6 rings (SSSR count). The molecule has 6 N–H and O–H groups in total. The van der Waals surface area contributed by atoms with E-state index < -0.39 is 94.0 Å². The first-order valence-corrected chi connectivity index (χ1v) is 22.9. The second-order valence-electron chi connectivity index (χ2n) is 15.0. The van der Waals surface area contributed by atoms with Crippen LogP contribution in [0.4, 0.5) is 38.9 Å². The Kier molecular flexibility index (Phi) is 24.9. The van der Waals surface area contributed by atoms with Gasteiger partial charge in [0.25, 0.3) is 11.8 Å². The van der Waals surface area contributed by atoms with Crippen molar-refractivity contribution in [3.8, 4) is 11.5 Å². The number of nitrogens with zero attached hydrogens (tertiary/aromatic N) is 2. The van der Waals surface area contributed by atoms with Gasteiger partial charge >= 0.3 is 124 Å². The van der Waals surface area contributed by atoms with E-state index in [1.807, 2.05) is 0 Å². The number of urea groups is 1. The Labute approximate surface area is 520 Å². The van der Waals surface area contributed by atoms with Gasteiger partial charge in [0.15, 0.2) is 0 Å². The number of ketones is 2. The molecular weight excluding hydrogens is 1080 g/mol. The number of carbonyl (C=O) groups is 7. The van der Waals surface area contributed by atoms with E-state index in [0.29, 0.717) is 23.3 Å². The number of carboxylic acids is 2. The van der Waals surface area contributed by atoms with Gasteiger partial charge in [-0.1, -0.05) is 12.1 Å². The average Bonchev–Trinajstić information content (AvgIpc) is 3.30. The second-order valence-corrected chi connectivity index (χ2v) is 17.7. The van der Waals surface area contributed by atoms with Crippen LogP contribution in [0.2, 0.25) is 0 Å². The molecule has 372 valence electrons. The van der Waals surface area contributed by atoms with Crippen molar-refractivity contribution >= 4 is 107 Å². The predicted molar refractivity (Wildman–Crippen MR) is 251 cm³/mol. The van der Waals surface area contributed by atoms with Crippen LogP contribution in [0, 0.1) is 13.8 Å². The van der Waals surface area contributed by atoms with Gasteiger partial charge in [0.05, 0.1) is 60.3 Å². The Bertz CT molecular complexity index is 3260. The van der Waals surface area contributed by atoms with Crippen LogP contribution in [-0.4, -0.2) is 92.9 Å². The maximum Gasteiger partial charge on any atom is 1.00 e. The third kappa shape index (κ3) is 16.8. The molecule has 0 aliphatic heterocycles. The summed E-state index contributed by atoms with van der Waals surface area (Å²) in [6.45, 7) is 3.18. The van der Waals surface area contributed by atoms with Gasteiger partial charge in [0.2, 0.25) is 11.6 Å². The number of amides is 4. The zero-order valence-electron chi connectivity index (χ0n) is 41.4. The molecule has 2 aliphatic carbocycles. The van der Waals surface area contributed by atoms with E-state index in [4.69, 9.17) is 9.47 Å². The van der Waals surface area contributed by atoms with Crippen molar-refractivity contribution < 1.29 is 197 Å². The second kappa shape index (κ2) is 28.4. The number of allylic oxidation sites excluding steroid dienone is 6. The predicted octanol–water partition coefficient (Wildman–Crippen LogP) is -10.6. The summed E-state index contributed by atoms with van der Waals surface area (Å²) in [5.74, 6) is -8.23. The number of ether oxygens (including phenoxy) is 2. The van der Waals surface area contributed by atoms with Crippen LogP contribution in [-0.2, 0) is 39.4 Å². The molecule has 0 saturated carbocycles. The fourth-order valence-corrected chi connectivity index (χ4v) is 7.74. The van der Waals surface area contributed by atoms with Gasteiger partial charge in [0, 0.05) is 45.8 Å². The zero-order valence-corrected chi connectivity index (χ0v) is 51.0. The molecule has 0 atom stereocenters. The van der Waals surface area contributed by atoms with Gasteiger partial charge in [-0.25, -0.2) is 21.6 Å². The molecule has 2 aliphatic rings. The van der Waals surface area contributed by atoms with Gasteiger partial charge in [-0.2, -0.15) is 10.2 Å². The van der Waals surface area contributed by atoms with Crippen LogP contribution in [0.25, 0.3) is 0 Å². The third-order valence-electron chi connectivity index (χ3n) is 10.0. The number of hydrogen-bond donors (Lipinski definition) is 6. The number of benzene rings is 4. The molecule has 25 nitrogen and oxygen atoms in total. The first-order chi connectivity index (χ1) is 33.9. The van der Waals surface area contributed by atoms with Crippen LogP contribution in [0.1, 0.15) is 31.8 Å². The SMILES string of the molecule is COc1cc(N/N=C2\C=C(C(=O)[O-])C(=O)C(S(=O)(=O)[O-])=C2)c(C)cc1NC(=O)c1cccc(NC(=O)Nc2cccc(C(=O)Nc3cc(C)c(N/N=C4\C=C(C(=O)[O-])C(=O)C(S(=O)(=O)[O-])=C4)cc3OC)c2)c1.[Na+].[Na+].[Na+].[Na+]. The molecule has 31 heteroatoms. The monoisotopic (exact) mass is 1110 g/mol. The van der Waals surface area contributed by atoms with Crippen molar-refractivity contribution in [3.63, 3.8) is 0 Å². The van der Waals surface area contributed by atoms with Gasteiger partial charge in [0.1, 0.15) is 41.5 Å². The number of aliphatic carboxylic acids is 2. The Morgan fingerprint density at radius 1 is 0.513 bits per heavy atom. The Hall–Kier alpha value is -5.31. The number of nitrogens with one attached hydrogen (secondary N) is 6. The molecule has 0 fully saturated rings. The smallest absolute Gasteiger partial charge is 0.744 e. The summed E-state index contributed by atoms with van der Waals surface area (Å²) in [4.78, 5) is 84.5. The minimum absolute atomic E-state index is 0. The largest absolute Gasteiger partial charge is 1.00 e. The normalized spacial score (nSPS) is 14.0. The molecule has 4 amide bonds. The van der Waals surface area contributed by atoms with Gasteiger partial charge in [-0.05, 0) is 97.8 Å². The van der Waals surface area contributed by atoms with Crippen LogP contribution in [0.5, 0.6) is 11.5 Å². The molecular formula is C45H34N8Na4O17S2. The summed E-state index contributed by atoms with van der Waals surface area (Å²) < 4.78 is 80.3. The van der Waals surface area contributed by atoms with Crippen molar-refractivity contribution in [2.45, 2.75) is 13.8 Å². The number of hydrogen-bond acceptors (Lipinski definition) is 21. The average molecular weight is 1110 g/mol. The zero-order chi connectivity index (χ0) is 52.8. The quantitative estimate of drug-likeness (QED) is 0.0199. The van der Waals surface area contributed by atoms with E-state index in [1.54, 1.807) is 13.8 Å². The molecule has 4 aromatic rings. The molecule has 0 aromatic heterocycles. The third-order valence-corrected chi connectivity index (χ3v) is 11.7. The first kappa shape index (κ1) is 66.8. The Morgan fingerprint density at radius 3 is 1.18 bits per heavy atom. The molecule has 0 unspecified atom stereocenters. The van der Waals surface area contributed by atoms with Crippen molar-refractivity contribution in [1.29, 1.82) is 0 Å². The van der Waals surface area contributed by atoms with Gasteiger partial charge < -0.3 is 59.6 Å². The molecule has 0 heterocycles. The van der Waals surface area contributed by atoms with E-state index in [2.05, 4.69) is 42.3 Å². The number of rotatable bonds is 16. The van der Waals surface area contributed by atoms with Gasteiger partial charge in [-0.15, -0.1) is 0 Å². The maximum absolute atomic E-state index is 13.4. The van der Waals surface area contributed by atoms with Crippen molar-refractivity contribution in [1.82, 2.24) is 0 Å². The summed E-state index contributed by atoms with van der Waals surface area (Å²) in [5, 5.41) is 41.2. The van der Waals surface area contributed by atoms with E-state index in [1.165, 1.54) is 87.0 Å². The number of carboxylic acid groups (broad SMARTS) is 2. The van der Waals surface area contributed by atoms with Crippen molar-refractivity contribution in [2.24, 2.45) is 10.2 Å². The Balaban J connectivity index is 0.00000494. The first-order valence-electron chi connectivity index (χ1n) is 20.1. The molecule has 76 heavy (non-hydrogen) atoms. The van der Waals surface area contributed by atoms with Crippen LogP contribution in [0.3, 0.4) is 0 Å².